The zero-order chi connectivity index (χ0) is 22.1. The van der Waals surface area contributed by atoms with Gasteiger partial charge in [-0.05, 0) is 39.3 Å². The topological polar surface area (TPSA) is 34.9 Å². The second-order valence-electron chi connectivity index (χ2n) is 7.50. The van der Waals surface area contributed by atoms with Crippen LogP contribution in [0, 0.1) is 3.57 Å². The highest BCUT2D eigenvalue weighted by Crippen LogP contribution is 2.44. The molecule has 0 aliphatic rings. The third-order valence-corrected chi connectivity index (χ3v) is 7.02. The van der Waals surface area contributed by atoms with Crippen LogP contribution >= 0.6 is 34.2 Å². The first-order chi connectivity index (χ1) is 15.7. The van der Waals surface area contributed by atoms with Crippen molar-refractivity contribution in [3.05, 3.63) is 134 Å². The minimum atomic E-state index is -0.690. The highest BCUT2D eigenvalue weighted by Gasteiger charge is 2.40. The summed E-state index contributed by atoms with van der Waals surface area (Å²) in [6.45, 7) is 0. The molecular weight excluding hydrogens is 531 g/mol. The van der Waals surface area contributed by atoms with Gasteiger partial charge < -0.3 is 4.57 Å². The zero-order valence-electron chi connectivity index (χ0n) is 17.0. The fraction of sp³-hybridized carbons (Fsp3) is 0.0370. The van der Waals surface area contributed by atoms with Crippen LogP contribution in [0.25, 0.3) is 11.0 Å². The Kier molecular flexibility index (Phi) is 5.57. The SMILES string of the molecule is O=Cc1cnc2c(c(I)cn2C(c2ccccc2)(c2ccccc2)c2ccccc2)c1Cl. The molecule has 0 N–H and O–H groups in total. The summed E-state index contributed by atoms with van der Waals surface area (Å²) in [5.41, 5.74) is 3.72. The molecule has 156 valence electrons. The van der Waals surface area contributed by atoms with Crippen LogP contribution in [0.1, 0.15) is 27.0 Å². The van der Waals surface area contributed by atoms with Gasteiger partial charge in [0, 0.05) is 16.0 Å². The molecule has 0 saturated heterocycles. The molecule has 32 heavy (non-hydrogen) atoms. The molecule has 0 aliphatic heterocycles. The molecule has 2 aromatic heterocycles. The molecule has 3 nitrogen and oxygen atoms in total. The van der Waals surface area contributed by atoms with Gasteiger partial charge >= 0.3 is 0 Å². The van der Waals surface area contributed by atoms with Crippen molar-refractivity contribution in [2.75, 3.05) is 0 Å². The fourth-order valence-electron chi connectivity index (χ4n) is 4.42. The smallest absolute Gasteiger partial charge is 0.153 e. The maximum Gasteiger partial charge on any atom is 0.153 e. The lowest BCUT2D eigenvalue weighted by Crippen LogP contribution is -2.37. The Bertz CT molecular complexity index is 1300. The van der Waals surface area contributed by atoms with E-state index in [-0.39, 0.29) is 0 Å². The maximum atomic E-state index is 11.5. The van der Waals surface area contributed by atoms with Gasteiger partial charge in [0.2, 0.25) is 0 Å². The van der Waals surface area contributed by atoms with Crippen LogP contribution in [0.4, 0.5) is 0 Å². The number of rotatable bonds is 5. The first kappa shape index (κ1) is 20.9. The van der Waals surface area contributed by atoms with Crippen molar-refractivity contribution < 1.29 is 4.79 Å². The predicted octanol–water partition coefficient (Wildman–Crippen LogP) is 6.95. The highest BCUT2D eigenvalue weighted by molar-refractivity contribution is 14.1. The largest absolute Gasteiger partial charge is 0.313 e. The average Bonchev–Trinajstić information content (AvgIpc) is 3.19. The van der Waals surface area contributed by atoms with Gasteiger partial charge in [0.1, 0.15) is 11.2 Å². The van der Waals surface area contributed by atoms with Crippen molar-refractivity contribution in [2.24, 2.45) is 0 Å². The number of nitrogens with zero attached hydrogens (tertiary/aromatic N) is 2. The van der Waals surface area contributed by atoms with Crippen molar-refractivity contribution in [3.8, 4) is 0 Å². The van der Waals surface area contributed by atoms with Gasteiger partial charge in [0.15, 0.2) is 6.29 Å². The van der Waals surface area contributed by atoms with Gasteiger partial charge in [-0.15, -0.1) is 0 Å². The summed E-state index contributed by atoms with van der Waals surface area (Å²) in [7, 11) is 0. The van der Waals surface area contributed by atoms with Crippen molar-refractivity contribution in [1.82, 2.24) is 9.55 Å². The van der Waals surface area contributed by atoms with Crippen molar-refractivity contribution in [1.29, 1.82) is 0 Å². The van der Waals surface area contributed by atoms with Crippen LogP contribution in [0.5, 0.6) is 0 Å². The third kappa shape index (κ3) is 3.17. The number of fused-ring (bicyclic) bond motifs is 1. The van der Waals surface area contributed by atoms with E-state index in [2.05, 4.69) is 106 Å². The molecule has 0 radical (unpaired) electrons. The number of benzene rings is 3. The third-order valence-electron chi connectivity index (χ3n) is 5.79. The van der Waals surface area contributed by atoms with Crippen molar-refractivity contribution >= 4 is 51.5 Å². The van der Waals surface area contributed by atoms with Crippen molar-refractivity contribution in [3.63, 3.8) is 0 Å². The molecule has 5 aromatic rings. The van der Waals surface area contributed by atoms with E-state index in [4.69, 9.17) is 16.6 Å². The number of hydrogen-bond donors (Lipinski definition) is 0. The second kappa shape index (κ2) is 8.52. The Morgan fingerprint density at radius 2 is 1.28 bits per heavy atom. The van der Waals surface area contributed by atoms with Gasteiger partial charge in [-0.1, -0.05) is 103 Å². The number of aromatic nitrogens is 2. The average molecular weight is 549 g/mol. The van der Waals surface area contributed by atoms with E-state index in [1.807, 2.05) is 18.2 Å². The Morgan fingerprint density at radius 3 is 1.72 bits per heavy atom. The molecule has 0 bridgehead atoms. The number of carbonyl (C=O) groups excluding carboxylic acids is 1. The molecule has 2 heterocycles. The summed E-state index contributed by atoms with van der Waals surface area (Å²) >= 11 is 8.93. The highest BCUT2D eigenvalue weighted by atomic mass is 127. The summed E-state index contributed by atoms with van der Waals surface area (Å²) in [5, 5.41) is 1.21. The standard InChI is InChI=1S/C27H18ClIN2O/c28-25-19(18-32)16-30-26-24(25)23(29)17-31(26)27(20-10-4-1-5-11-20,21-12-6-2-7-13-21)22-14-8-3-9-15-22/h1-18H. The number of carbonyl (C=O) groups is 1. The molecule has 0 unspecified atom stereocenters. The maximum absolute atomic E-state index is 11.5. The minimum Gasteiger partial charge on any atom is -0.313 e. The molecule has 5 rings (SSSR count). The van der Waals surface area contributed by atoms with E-state index in [0.29, 0.717) is 10.6 Å². The molecule has 5 heteroatoms. The van der Waals surface area contributed by atoms with Crippen LogP contribution in [0.2, 0.25) is 5.02 Å². The predicted molar refractivity (Wildman–Crippen MR) is 137 cm³/mol. The van der Waals surface area contributed by atoms with E-state index in [0.717, 1.165) is 37.6 Å². The molecule has 0 atom stereocenters. The Labute approximate surface area is 204 Å². The lowest BCUT2D eigenvalue weighted by Gasteiger charge is -2.38. The molecular formula is C27H18ClIN2O. The molecule has 0 amide bonds. The molecule has 0 saturated carbocycles. The number of aldehydes is 1. The monoisotopic (exact) mass is 548 g/mol. The Hall–Kier alpha value is -2.96. The Morgan fingerprint density at radius 1 is 0.812 bits per heavy atom. The summed E-state index contributed by atoms with van der Waals surface area (Å²) in [6, 6.07) is 31.2. The van der Waals surface area contributed by atoms with E-state index in [9.17, 15) is 4.79 Å². The quantitative estimate of drug-likeness (QED) is 0.135. The van der Waals surface area contributed by atoms with Crippen LogP contribution in [0.3, 0.4) is 0 Å². The second-order valence-corrected chi connectivity index (χ2v) is 9.04. The Balaban J connectivity index is 1.99. The summed E-state index contributed by atoms with van der Waals surface area (Å²) in [6.07, 6.45) is 4.38. The number of pyridine rings is 1. The normalized spacial score (nSPS) is 11.6. The van der Waals surface area contributed by atoms with Gasteiger partial charge in [0.25, 0.3) is 0 Å². The van der Waals surface area contributed by atoms with Crippen LogP contribution in [0.15, 0.2) is 103 Å². The van der Waals surface area contributed by atoms with Crippen LogP contribution in [-0.2, 0) is 5.54 Å². The molecule has 3 aromatic carbocycles. The van der Waals surface area contributed by atoms with Gasteiger partial charge in [0.05, 0.1) is 16.0 Å². The van der Waals surface area contributed by atoms with Crippen molar-refractivity contribution in [2.45, 2.75) is 5.54 Å². The first-order valence-corrected chi connectivity index (χ1v) is 11.6. The van der Waals surface area contributed by atoms with Crippen LogP contribution in [-0.4, -0.2) is 15.8 Å². The first-order valence-electron chi connectivity index (χ1n) is 10.1. The molecule has 0 spiro atoms. The van der Waals surface area contributed by atoms with E-state index >= 15 is 0 Å². The van der Waals surface area contributed by atoms with Gasteiger partial charge in [-0.25, -0.2) is 4.98 Å². The van der Waals surface area contributed by atoms with Crippen LogP contribution < -0.4 is 0 Å². The van der Waals surface area contributed by atoms with E-state index in [1.54, 1.807) is 6.20 Å². The summed E-state index contributed by atoms with van der Waals surface area (Å²) in [5.74, 6) is 0. The number of halogens is 2. The van der Waals surface area contributed by atoms with Gasteiger partial charge in [-0.2, -0.15) is 0 Å². The zero-order valence-corrected chi connectivity index (χ0v) is 19.9. The summed E-state index contributed by atoms with van der Waals surface area (Å²) < 4.78 is 3.12. The lowest BCUT2D eigenvalue weighted by atomic mass is 9.76. The summed E-state index contributed by atoms with van der Waals surface area (Å²) in [4.78, 5) is 16.2. The molecule has 0 fully saturated rings. The van der Waals surface area contributed by atoms with Gasteiger partial charge in [-0.3, -0.25) is 4.79 Å². The lowest BCUT2D eigenvalue weighted by molar-refractivity contribution is 0.112. The van der Waals surface area contributed by atoms with E-state index in [1.165, 1.54) is 0 Å². The fourth-order valence-corrected chi connectivity index (χ4v) is 5.65. The molecule has 0 aliphatic carbocycles. The minimum absolute atomic E-state index is 0.388. The number of hydrogen-bond acceptors (Lipinski definition) is 2. The van der Waals surface area contributed by atoms with E-state index < -0.39 is 5.54 Å².